The Morgan fingerprint density at radius 1 is 1.08 bits per heavy atom. The van der Waals surface area contributed by atoms with Crippen molar-refractivity contribution in [2.75, 3.05) is 0 Å². The number of hydrogen-bond acceptors (Lipinski definition) is 4. The number of benzene rings is 2. The SMILES string of the molecule is O=C(O)c1ccccc1CC(=O)N(Cc1ccccc1[N+](=O)[O-])C1CC1. The van der Waals surface area contributed by atoms with Crippen LogP contribution >= 0.6 is 0 Å². The van der Waals surface area contributed by atoms with Crippen LogP contribution in [-0.2, 0) is 17.8 Å². The first-order chi connectivity index (χ1) is 12.5. The fourth-order valence-corrected chi connectivity index (χ4v) is 2.96. The van der Waals surface area contributed by atoms with Crippen molar-refractivity contribution in [1.29, 1.82) is 0 Å². The van der Waals surface area contributed by atoms with Crippen LogP contribution in [0.15, 0.2) is 48.5 Å². The first-order valence-electron chi connectivity index (χ1n) is 8.30. The van der Waals surface area contributed by atoms with E-state index < -0.39 is 10.9 Å². The maximum absolute atomic E-state index is 12.8. The van der Waals surface area contributed by atoms with Crippen molar-refractivity contribution in [2.45, 2.75) is 31.8 Å². The molecule has 1 N–H and O–H groups in total. The molecule has 26 heavy (non-hydrogen) atoms. The number of carboxylic acid groups (broad SMARTS) is 1. The zero-order valence-electron chi connectivity index (χ0n) is 14.0. The van der Waals surface area contributed by atoms with Gasteiger partial charge in [0.05, 0.1) is 23.5 Å². The molecule has 1 fully saturated rings. The van der Waals surface area contributed by atoms with Gasteiger partial charge in [0.15, 0.2) is 0 Å². The summed E-state index contributed by atoms with van der Waals surface area (Å²) in [6.45, 7) is 0.149. The van der Waals surface area contributed by atoms with Gasteiger partial charge in [-0.25, -0.2) is 4.79 Å². The van der Waals surface area contributed by atoms with Crippen molar-refractivity contribution in [3.63, 3.8) is 0 Å². The lowest BCUT2D eigenvalue weighted by molar-refractivity contribution is -0.385. The van der Waals surface area contributed by atoms with E-state index in [9.17, 15) is 24.8 Å². The first-order valence-corrected chi connectivity index (χ1v) is 8.30. The van der Waals surface area contributed by atoms with Gasteiger partial charge in [0, 0.05) is 17.7 Å². The molecule has 0 unspecified atom stereocenters. The molecule has 3 rings (SSSR count). The van der Waals surface area contributed by atoms with E-state index >= 15 is 0 Å². The minimum Gasteiger partial charge on any atom is -0.478 e. The largest absolute Gasteiger partial charge is 0.478 e. The molecule has 0 atom stereocenters. The number of aromatic carboxylic acids is 1. The summed E-state index contributed by atoms with van der Waals surface area (Å²) < 4.78 is 0. The van der Waals surface area contributed by atoms with Gasteiger partial charge in [0.25, 0.3) is 5.69 Å². The average molecular weight is 354 g/mol. The van der Waals surface area contributed by atoms with E-state index in [1.54, 1.807) is 41.3 Å². The summed E-state index contributed by atoms with van der Waals surface area (Å²) in [5, 5.41) is 20.5. The average Bonchev–Trinajstić information content (AvgIpc) is 3.45. The summed E-state index contributed by atoms with van der Waals surface area (Å²) in [5.74, 6) is -1.30. The van der Waals surface area contributed by atoms with Crippen molar-refractivity contribution in [2.24, 2.45) is 0 Å². The molecule has 0 saturated heterocycles. The maximum Gasteiger partial charge on any atom is 0.335 e. The third kappa shape index (κ3) is 3.88. The Labute approximate surface area is 150 Å². The fraction of sp³-hybridized carbons (Fsp3) is 0.263. The van der Waals surface area contributed by atoms with E-state index in [0.717, 1.165) is 12.8 Å². The molecule has 0 bridgehead atoms. The van der Waals surface area contributed by atoms with Crippen LogP contribution in [0.1, 0.15) is 34.3 Å². The second kappa shape index (κ2) is 7.35. The Morgan fingerprint density at radius 3 is 2.31 bits per heavy atom. The molecule has 0 heterocycles. The molecule has 7 nitrogen and oxygen atoms in total. The van der Waals surface area contributed by atoms with Gasteiger partial charge in [-0.3, -0.25) is 14.9 Å². The number of nitrogens with zero attached hydrogens (tertiary/aromatic N) is 2. The quantitative estimate of drug-likeness (QED) is 0.608. The molecule has 0 radical (unpaired) electrons. The van der Waals surface area contributed by atoms with Gasteiger partial charge in [-0.05, 0) is 24.5 Å². The highest BCUT2D eigenvalue weighted by Gasteiger charge is 2.34. The molecule has 7 heteroatoms. The van der Waals surface area contributed by atoms with E-state index in [0.29, 0.717) is 11.1 Å². The molecular formula is C19H18N2O5. The standard InChI is InChI=1S/C19H18N2O5/c22-18(11-13-5-1-3-7-16(13)19(23)24)20(15-9-10-15)12-14-6-2-4-8-17(14)21(25)26/h1-8,15H,9-12H2,(H,23,24). The number of nitro benzene ring substituents is 1. The number of carbonyl (C=O) groups is 2. The minimum atomic E-state index is -1.08. The number of hydrogen-bond donors (Lipinski definition) is 1. The fourth-order valence-electron chi connectivity index (χ4n) is 2.96. The third-order valence-corrected chi connectivity index (χ3v) is 4.43. The molecule has 0 aliphatic heterocycles. The van der Waals surface area contributed by atoms with Gasteiger partial charge in [0.2, 0.25) is 5.91 Å². The maximum atomic E-state index is 12.8. The predicted molar refractivity (Wildman–Crippen MR) is 93.8 cm³/mol. The predicted octanol–water partition coefficient (Wildman–Crippen LogP) is 3.03. The molecule has 1 aliphatic rings. The van der Waals surface area contributed by atoms with Crippen LogP contribution in [-0.4, -0.2) is 32.8 Å². The number of carbonyl (C=O) groups excluding carboxylic acids is 1. The number of rotatable bonds is 7. The first kappa shape index (κ1) is 17.6. The molecular weight excluding hydrogens is 336 g/mol. The van der Waals surface area contributed by atoms with Gasteiger partial charge in [0.1, 0.15) is 0 Å². The van der Waals surface area contributed by atoms with Crippen LogP contribution in [0.4, 0.5) is 5.69 Å². The summed E-state index contributed by atoms with van der Waals surface area (Å²) in [5.41, 5.74) is 1.00. The molecule has 1 amide bonds. The number of carboxylic acids is 1. The van der Waals surface area contributed by atoms with Crippen molar-refractivity contribution < 1.29 is 19.6 Å². The molecule has 2 aromatic rings. The van der Waals surface area contributed by atoms with E-state index in [4.69, 9.17) is 0 Å². The highest BCUT2D eigenvalue weighted by atomic mass is 16.6. The second-order valence-electron chi connectivity index (χ2n) is 6.28. The van der Waals surface area contributed by atoms with Crippen molar-refractivity contribution in [1.82, 2.24) is 4.90 Å². The second-order valence-corrected chi connectivity index (χ2v) is 6.28. The minimum absolute atomic E-state index is 0.0168. The van der Waals surface area contributed by atoms with Gasteiger partial charge in [-0.1, -0.05) is 36.4 Å². The Morgan fingerprint density at radius 2 is 1.69 bits per heavy atom. The molecule has 0 aromatic heterocycles. The van der Waals surface area contributed by atoms with Crippen LogP contribution in [0.3, 0.4) is 0 Å². The summed E-state index contributed by atoms with van der Waals surface area (Å²) in [4.78, 5) is 36.5. The Bertz CT molecular complexity index is 861. The van der Waals surface area contributed by atoms with Gasteiger partial charge < -0.3 is 10.0 Å². The summed E-state index contributed by atoms with van der Waals surface area (Å²) in [6.07, 6.45) is 1.67. The van der Waals surface area contributed by atoms with Gasteiger partial charge in [-0.15, -0.1) is 0 Å². The zero-order chi connectivity index (χ0) is 18.7. The van der Waals surface area contributed by atoms with Crippen molar-refractivity contribution in [3.05, 3.63) is 75.3 Å². The zero-order valence-corrected chi connectivity index (χ0v) is 14.0. The highest BCUT2D eigenvalue weighted by molar-refractivity contribution is 5.91. The monoisotopic (exact) mass is 354 g/mol. The number of para-hydroxylation sites is 1. The van der Waals surface area contributed by atoms with E-state index in [1.165, 1.54) is 12.1 Å². The Hall–Kier alpha value is -3.22. The van der Waals surface area contributed by atoms with E-state index in [2.05, 4.69) is 0 Å². The number of amides is 1. The highest BCUT2D eigenvalue weighted by Crippen LogP contribution is 2.31. The van der Waals surface area contributed by atoms with Crippen LogP contribution in [0.2, 0.25) is 0 Å². The molecule has 1 aliphatic carbocycles. The molecule has 1 saturated carbocycles. The lowest BCUT2D eigenvalue weighted by atomic mass is 10.0. The topological polar surface area (TPSA) is 101 Å². The normalized spacial score (nSPS) is 13.2. The van der Waals surface area contributed by atoms with Crippen LogP contribution < -0.4 is 0 Å². The lowest BCUT2D eigenvalue weighted by Gasteiger charge is -2.23. The summed E-state index contributed by atoms with van der Waals surface area (Å²) in [6, 6.07) is 12.8. The molecule has 134 valence electrons. The van der Waals surface area contributed by atoms with Gasteiger partial charge >= 0.3 is 5.97 Å². The van der Waals surface area contributed by atoms with E-state index in [-0.39, 0.29) is 36.2 Å². The van der Waals surface area contributed by atoms with Crippen molar-refractivity contribution in [3.8, 4) is 0 Å². The van der Waals surface area contributed by atoms with Crippen LogP contribution in [0.5, 0.6) is 0 Å². The molecule has 2 aromatic carbocycles. The molecule has 0 spiro atoms. The summed E-state index contributed by atoms with van der Waals surface area (Å²) >= 11 is 0. The Kier molecular flexibility index (Phi) is 4.97. The van der Waals surface area contributed by atoms with Crippen LogP contribution in [0, 0.1) is 10.1 Å². The third-order valence-electron chi connectivity index (χ3n) is 4.43. The number of nitro groups is 1. The lowest BCUT2D eigenvalue weighted by Crippen LogP contribution is -2.34. The van der Waals surface area contributed by atoms with E-state index in [1.807, 2.05) is 0 Å². The van der Waals surface area contributed by atoms with Crippen LogP contribution in [0.25, 0.3) is 0 Å². The smallest absolute Gasteiger partial charge is 0.335 e. The van der Waals surface area contributed by atoms with Gasteiger partial charge in [-0.2, -0.15) is 0 Å². The summed E-state index contributed by atoms with van der Waals surface area (Å²) in [7, 11) is 0. The van der Waals surface area contributed by atoms with Crippen molar-refractivity contribution >= 4 is 17.6 Å². The Balaban J connectivity index is 1.82.